The molecule has 3 atom stereocenters. The first-order valence-corrected chi connectivity index (χ1v) is 20.3. The molecule has 6 aromatic carbocycles. The summed E-state index contributed by atoms with van der Waals surface area (Å²) in [6.07, 6.45) is 1.47. The summed E-state index contributed by atoms with van der Waals surface area (Å²) in [6.45, 7) is 3.97. The van der Waals surface area contributed by atoms with Gasteiger partial charge < -0.3 is 28.4 Å². The summed E-state index contributed by atoms with van der Waals surface area (Å²) in [5, 5.41) is 0.585. The van der Waals surface area contributed by atoms with Gasteiger partial charge in [0, 0.05) is 31.7 Å². The average Bonchev–Trinajstić information content (AvgIpc) is 3.60. The minimum atomic E-state index is -1.08. The van der Waals surface area contributed by atoms with Gasteiger partial charge in [0.1, 0.15) is 49.1 Å². The van der Waals surface area contributed by atoms with Gasteiger partial charge in [-0.2, -0.15) is 0 Å². The number of ether oxygens (including phenoxy) is 6. The molecular weight excluding hydrogens is 776 g/mol. The number of carbonyl (C=O) groups excluding carboxylic acids is 2. The van der Waals surface area contributed by atoms with Crippen LogP contribution in [0.5, 0.6) is 11.5 Å². The molecule has 6 aromatic rings. The van der Waals surface area contributed by atoms with Crippen molar-refractivity contribution in [3.05, 3.63) is 202 Å². The summed E-state index contributed by atoms with van der Waals surface area (Å²) in [5.74, 6) is -0.240. The van der Waals surface area contributed by atoms with Crippen molar-refractivity contribution in [2.75, 3.05) is 40.6 Å². The normalized spacial score (nSPS) is 19.9. The Morgan fingerprint density at radius 2 is 1.13 bits per heavy atom. The Morgan fingerprint density at radius 3 is 1.68 bits per heavy atom. The number of esters is 2. The highest BCUT2D eigenvalue weighted by atomic mass is 35.5. The molecule has 0 heterocycles. The third-order valence-corrected chi connectivity index (χ3v) is 12.6. The Hall–Kier alpha value is -6.19. The maximum Gasteiger partial charge on any atom is 0.330 e. The molecule has 3 unspecified atom stereocenters. The van der Waals surface area contributed by atoms with Gasteiger partial charge in [0.05, 0.1) is 11.3 Å². The van der Waals surface area contributed by atoms with Crippen LogP contribution >= 0.6 is 11.6 Å². The third kappa shape index (κ3) is 6.04. The second-order valence-electron chi connectivity index (χ2n) is 15.1. The van der Waals surface area contributed by atoms with E-state index in [-0.39, 0.29) is 32.4 Å². The standard InChI is InChI=1S/C51H43ClO8/c1-4-47(53)59-29-27-57-36-22-17-33(18-23-36)50(40-13-7-5-11-38(40)39-12-6-8-14-41(39)50)34-19-24-37(25-20-34)58-28-30-60-48(54)46-32-49(55-2)42-15-9-10-16-43(42)51(46,56-3)44-26-21-35(52)31-45(44)49/h4-26,31,46H,1,27-30,32H2,2-3H3. The van der Waals surface area contributed by atoms with Crippen LogP contribution in [0.1, 0.15) is 50.9 Å². The fourth-order valence-electron chi connectivity index (χ4n) is 9.95. The van der Waals surface area contributed by atoms with E-state index in [1.807, 2.05) is 66.7 Å². The van der Waals surface area contributed by atoms with Crippen LogP contribution in [0.15, 0.2) is 152 Å². The van der Waals surface area contributed by atoms with Gasteiger partial charge in [-0.15, -0.1) is 0 Å². The Labute approximate surface area is 354 Å². The molecule has 302 valence electrons. The van der Waals surface area contributed by atoms with Gasteiger partial charge in [-0.3, -0.25) is 4.79 Å². The van der Waals surface area contributed by atoms with Crippen molar-refractivity contribution in [3.63, 3.8) is 0 Å². The van der Waals surface area contributed by atoms with Crippen molar-refractivity contribution in [1.82, 2.24) is 0 Å². The largest absolute Gasteiger partial charge is 0.490 e. The molecule has 0 spiro atoms. The molecule has 10 rings (SSSR count). The van der Waals surface area contributed by atoms with E-state index in [2.05, 4.69) is 79.4 Å². The van der Waals surface area contributed by atoms with Crippen LogP contribution in [0, 0.1) is 5.92 Å². The van der Waals surface area contributed by atoms with Crippen molar-refractivity contribution in [3.8, 4) is 22.6 Å². The number of benzene rings is 6. The minimum Gasteiger partial charge on any atom is -0.490 e. The zero-order valence-corrected chi connectivity index (χ0v) is 34.1. The predicted octanol–water partition coefficient (Wildman–Crippen LogP) is 9.55. The molecule has 8 nitrogen and oxygen atoms in total. The van der Waals surface area contributed by atoms with Crippen LogP contribution in [0.4, 0.5) is 0 Å². The zero-order valence-electron chi connectivity index (χ0n) is 33.3. The number of methoxy groups -OCH3 is 2. The lowest BCUT2D eigenvalue weighted by atomic mass is 9.54. The maximum atomic E-state index is 14.1. The molecule has 60 heavy (non-hydrogen) atoms. The second kappa shape index (κ2) is 15.8. The van der Waals surface area contributed by atoms with Crippen LogP contribution < -0.4 is 9.47 Å². The van der Waals surface area contributed by atoms with E-state index in [0.29, 0.717) is 22.9 Å². The van der Waals surface area contributed by atoms with Gasteiger partial charge in [-0.1, -0.05) is 121 Å². The molecule has 0 aromatic heterocycles. The van der Waals surface area contributed by atoms with Crippen molar-refractivity contribution in [2.24, 2.45) is 5.92 Å². The van der Waals surface area contributed by atoms with Crippen LogP contribution in [0.3, 0.4) is 0 Å². The number of halogens is 1. The van der Waals surface area contributed by atoms with E-state index in [1.54, 1.807) is 14.2 Å². The molecule has 4 aliphatic rings. The van der Waals surface area contributed by atoms with E-state index in [9.17, 15) is 9.59 Å². The smallest absolute Gasteiger partial charge is 0.330 e. The van der Waals surface area contributed by atoms with Gasteiger partial charge in [-0.25, -0.2) is 4.79 Å². The number of fused-ring (bicyclic) bond motifs is 4. The molecule has 0 aliphatic heterocycles. The highest BCUT2D eigenvalue weighted by molar-refractivity contribution is 6.30. The molecule has 4 aliphatic carbocycles. The summed E-state index contributed by atoms with van der Waals surface area (Å²) >= 11 is 6.51. The lowest BCUT2D eigenvalue weighted by Crippen LogP contribution is -2.58. The minimum absolute atomic E-state index is 0.0434. The lowest BCUT2D eigenvalue weighted by Gasteiger charge is -2.56. The summed E-state index contributed by atoms with van der Waals surface area (Å²) in [6, 6.07) is 46.9. The highest BCUT2D eigenvalue weighted by Gasteiger charge is 2.64. The highest BCUT2D eigenvalue weighted by Crippen LogP contribution is 2.63. The lowest BCUT2D eigenvalue weighted by molar-refractivity contribution is -0.173. The molecular formula is C51H43ClO8. The van der Waals surface area contributed by atoms with Crippen LogP contribution in [-0.4, -0.2) is 52.6 Å². The Bertz CT molecular complexity index is 2560. The fourth-order valence-corrected chi connectivity index (χ4v) is 10.1. The molecule has 0 amide bonds. The molecule has 0 fully saturated rings. The first-order chi connectivity index (χ1) is 29.3. The molecule has 0 saturated carbocycles. The van der Waals surface area contributed by atoms with Gasteiger partial charge in [0.2, 0.25) is 0 Å². The predicted molar refractivity (Wildman–Crippen MR) is 228 cm³/mol. The monoisotopic (exact) mass is 818 g/mol. The summed E-state index contributed by atoms with van der Waals surface area (Å²) < 4.78 is 35.8. The summed E-state index contributed by atoms with van der Waals surface area (Å²) in [7, 11) is 3.31. The number of carbonyl (C=O) groups is 2. The van der Waals surface area contributed by atoms with Gasteiger partial charge >= 0.3 is 11.9 Å². The van der Waals surface area contributed by atoms with E-state index in [0.717, 1.165) is 39.5 Å². The quantitative estimate of drug-likeness (QED) is 0.0610. The number of hydrogen-bond acceptors (Lipinski definition) is 8. The van der Waals surface area contributed by atoms with E-state index in [4.69, 9.17) is 40.0 Å². The Balaban J connectivity index is 0.943. The summed E-state index contributed by atoms with van der Waals surface area (Å²) in [4.78, 5) is 25.6. The Kier molecular flexibility index (Phi) is 10.3. The first kappa shape index (κ1) is 39.3. The van der Waals surface area contributed by atoms with Gasteiger partial charge in [0.15, 0.2) is 0 Å². The van der Waals surface area contributed by atoms with Crippen LogP contribution in [-0.2, 0) is 45.2 Å². The molecule has 0 N–H and O–H groups in total. The second-order valence-corrected chi connectivity index (χ2v) is 15.5. The first-order valence-electron chi connectivity index (χ1n) is 19.9. The van der Waals surface area contributed by atoms with Crippen LogP contribution in [0.2, 0.25) is 5.02 Å². The number of rotatable bonds is 14. The van der Waals surface area contributed by atoms with E-state index < -0.39 is 28.5 Å². The molecule has 9 heteroatoms. The van der Waals surface area contributed by atoms with Crippen LogP contribution in [0.25, 0.3) is 11.1 Å². The summed E-state index contributed by atoms with van der Waals surface area (Å²) in [5.41, 5.74) is 7.81. The maximum absolute atomic E-state index is 14.1. The molecule has 0 saturated heterocycles. The van der Waals surface area contributed by atoms with Crippen molar-refractivity contribution in [1.29, 1.82) is 0 Å². The van der Waals surface area contributed by atoms with Gasteiger partial charge in [0.25, 0.3) is 0 Å². The average molecular weight is 819 g/mol. The Morgan fingerprint density at radius 1 is 0.617 bits per heavy atom. The van der Waals surface area contributed by atoms with Crippen molar-refractivity contribution >= 4 is 23.5 Å². The molecule has 2 bridgehead atoms. The fraction of sp³-hybridized carbons (Fsp3) is 0.216. The van der Waals surface area contributed by atoms with Crippen molar-refractivity contribution in [2.45, 2.75) is 23.0 Å². The van der Waals surface area contributed by atoms with E-state index >= 15 is 0 Å². The topological polar surface area (TPSA) is 89.5 Å². The van der Waals surface area contributed by atoms with Crippen molar-refractivity contribution < 1.29 is 38.0 Å². The zero-order chi connectivity index (χ0) is 41.5. The van der Waals surface area contributed by atoms with E-state index in [1.165, 1.54) is 22.3 Å². The molecule has 0 radical (unpaired) electrons. The number of hydrogen-bond donors (Lipinski definition) is 0. The van der Waals surface area contributed by atoms with Gasteiger partial charge in [-0.05, 0) is 92.0 Å². The SMILES string of the molecule is C=CC(=O)OCCOc1ccc(C2(c3ccc(OCCOC(=O)C4CC5(OC)c6ccccc6C4(OC)c4ccc(Cl)cc45)cc3)c3ccccc3-c3ccccc32)cc1. The third-order valence-electron chi connectivity index (χ3n) is 12.4.